The number of aliphatic hydroxyl groups is 1. The summed E-state index contributed by atoms with van der Waals surface area (Å²) in [7, 11) is 0. The van der Waals surface area contributed by atoms with Crippen LogP contribution in [-0.2, 0) is 0 Å². The zero-order valence-corrected chi connectivity index (χ0v) is 13.4. The molecule has 1 amide bonds. The molecule has 0 heterocycles. The fraction of sp³-hybridized carbons (Fsp3) is 0.500. The maximum Gasteiger partial charge on any atom is 0.252 e. The second-order valence-corrected chi connectivity index (χ2v) is 6.49. The van der Waals surface area contributed by atoms with E-state index in [1.54, 1.807) is 6.92 Å². The topological polar surface area (TPSA) is 75.3 Å². The molecule has 0 radical (unpaired) electrons. The third kappa shape index (κ3) is 4.76. The zero-order valence-electron chi connectivity index (χ0n) is 11.8. The monoisotopic (exact) mass is 346 g/mol. The highest BCUT2D eigenvalue weighted by Crippen LogP contribution is 2.23. The number of nitrogens with two attached hydrogens (primary N) is 1. The van der Waals surface area contributed by atoms with Crippen molar-refractivity contribution in [2.45, 2.75) is 32.8 Å². The number of benzene rings is 1. The zero-order chi connectivity index (χ0) is 15.5. The molecule has 112 valence electrons. The highest BCUT2D eigenvalue weighted by Gasteiger charge is 2.23. The summed E-state index contributed by atoms with van der Waals surface area (Å²) in [5.74, 6) is -0.678. The van der Waals surface area contributed by atoms with Crippen molar-refractivity contribution in [3.8, 4) is 0 Å². The molecule has 6 heteroatoms. The summed E-state index contributed by atoms with van der Waals surface area (Å²) < 4.78 is 13.5. The molecule has 0 aliphatic carbocycles. The van der Waals surface area contributed by atoms with Gasteiger partial charge in [0.15, 0.2) is 0 Å². The van der Waals surface area contributed by atoms with Crippen molar-refractivity contribution in [1.82, 2.24) is 5.32 Å². The largest absolute Gasteiger partial charge is 0.396 e. The van der Waals surface area contributed by atoms with E-state index in [-0.39, 0.29) is 17.8 Å². The summed E-state index contributed by atoms with van der Waals surface area (Å²) in [6.07, 6.45) is 0.569. The van der Waals surface area contributed by atoms with E-state index in [1.165, 1.54) is 6.07 Å². The summed E-state index contributed by atoms with van der Waals surface area (Å²) >= 11 is 3.12. The molecule has 0 saturated carbocycles. The van der Waals surface area contributed by atoms with Crippen molar-refractivity contribution in [1.29, 1.82) is 0 Å². The number of amides is 1. The summed E-state index contributed by atoms with van der Waals surface area (Å²) in [4.78, 5) is 12.0. The van der Waals surface area contributed by atoms with Crippen LogP contribution in [0.3, 0.4) is 0 Å². The number of hydrogen-bond donors (Lipinski definition) is 3. The molecule has 20 heavy (non-hydrogen) atoms. The van der Waals surface area contributed by atoms with Gasteiger partial charge in [-0.3, -0.25) is 4.79 Å². The lowest BCUT2D eigenvalue weighted by Gasteiger charge is -2.25. The minimum Gasteiger partial charge on any atom is -0.396 e. The molecule has 4 nitrogen and oxygen atoms in total. The van der Waals surface area contributed by atoms with Crippen LogP contribution in [0.25, 0.3) is 0 Å². The highest BCUT2D eigenvalue weighted by atomic mass is 79.9. The Balaban J connectivity index is 2.75. The quantitative estimate of drug-likeness (QED) is 0.717. The first-order chi connectivity index (χ1) is 9.12. The maximum absolute atomic E-state index is 13.2. The minimum atomic E-state index is -0.984. The number of nitrogens with one attached hydrogen (secondary N) is 1. The van der Waals surface area contributed by atoms with Gasteiger partial charge in [-0.25, -0.2) is 4.39 Å². The van der Waals surface area contributed by atoms with Gasteiger partial charge in [0, 0.05) is 11.0 Å². The fourth-order valence-corrected chi connectivity index (χ4v) is 2.55. The average Bonchev–Trinajstić information content (AvgIpc) is 2.29. The molecule has 1 atom stereocenters. The fourth-order valence-electron chi connectivity index (χ4n) is 2.06. The Bertz CT molecular complexity index is 504. The van der Waals surface area contributed by atoms with Gasteiger partial charge in [-0.15, -0.1) is 0 Å². The SMILES string of the molecule is CC(C)CC(C)(O)CNC(=O)c1cc(N)c(F)cc1Br. The Hall–Kier alpha value is -1.14. The predicted molar refractivity (Wildman–Crippen MR) is 80.9 cm³/mol. The minimum absolute atomic E-state index is 0.0905. The molecule has 0 aliphatic heterocycles. The predicted octanol–water partition coefficient (Wildman–Crippen LogP) is 2.70. The normalized spacial score (nSPS) is 14.2. The second kappa shape index (κ2) is 6.54. The molecule has 1 aromatic carbocycles. The van der Waals surface area contributed by atoms with Crippen molar-refractivity contribution < 1.29 is 14.3 Å². The lowest BCUT2D eigenvalue weighted by atomic mass is 9.94. The van der Waals surface area contributed by atoms with Gasteiger partial charge in [-0.05, 0) is 47.3 Å². The number of carbonyl (C=O) groups is 1. The van der Waals surface area contributed by atoms with Crippen molar-refractivity contribution >= 4 is 27.5 Å². The Morgan fingerprint density at radius 1 is 1.55 bits per heavy atom. The molecule has 0 bridgehead atoms. The van der Waals surface area contributed by atoms with Gasteiger partial charge in [0.25, 0.3) is 5.91 Å². The molecule has 1 rings (SSSR count). The van der Waals surface area contributed by atoms with Crippen LogP contribution in [0.2, 0.25) is 0 Å². The number of carbonyl (C=O) groups excluding carboxylic acids is 1. The molecule has 0 aliphatic rings. The lowest BCUT2D eigenvalue weighted by Crippen LogP contribution is -2.41. The first-order valence-corrected chi connectivity index (χ1v) is 7.17. The number of anilines is 1. The molecule has 0 spiro atoms. The molecule has 0 fully saturated rings. The van der Waals surface area contributed by atoms with Gasteiger partial charge in [0.2, 0.25) is 0 Å². The number of hydrogen-bond acceptors (Lipinski definition) is 3. The molecule has 0 saturated heterocycles. The van der Waals surface area contributed by atoms with Crippen molar-refractivity contribution in [3.05, 3.63) is 28.0 Å². The third-order valence-corrected chi connectivity index (χ3v) is 3.46. The van der Waals surface area contributed by atoms with Crippen LogP contribution in [0.5, 0.6) is 0 Å². The average molecular weight is 347 g/mol. The molecule has 1 aromatic rings. The van der Waals surface area contributed by atoms with E-state index in [9.17, 15) is 14.3 Å². The summed E-state index contributed by atoms with van der Waals surface area (Å²) in [6, 6.07) is 2.42. The summed E-state index contributed by atoms with van der Waals surface area (Å²) in [6.45, 7) is 5.77. The van der Waals surface area contributed by atoms with Crippen LogP contribution in [0.1, 0.15) is 37.6 Å². The van der Waals surface area contributed by atoms with Crippen molar-refractivity contribution in [3.63, 3.8) is 0 Å². The Labute approximate surface area is 126 Å². The molecule has 1 unspecified atom stereocenters. The van der Waals surface area contributed by atoms with E-state index in [4.69, 9.17) is 5.73 Å². The van der Waals surface area contributed by atoms with Crippen molar-refractivity contribution in [2.24, 2.45) is 5.92 Å². The summed E-state index contributed by atoms with van der Waals surface area (Å²) in [5, 5.41) is 12.8. The molecule has 4 N–H and O–H groups in total. The van der Waals surface area contributed by atoms with Crippen LogP contribution in [0, 0.1) is 11.7 Å². The lowest BCUT2D eigenvalue weighted by molar-refractivity contribution is 0.0368. The van der Waals surface area contributed by atoms with E-state index in [0.717, 1.165) is 6.07 Å². The first-order valence-electron chi connectivity index (χ1n) is 6.37. The van der Waals surface area contributed by atoms with Crippen LogP contribution in [-0.4, -0.2) is 23.2 Å². The highest BCUT2D eigenvalue weighted by molar-refractivity contribution is 9.10. The number of nitrogen functional groups attached to an aromatic ring is 1. The van der Waals surface area contributed by atoms with Gasteiger partial charge in [-0.2, -0.15) is 0 Å². The van der Waals surface area contributed by atoms with Crippen LogP contribution in [0.15, 0.2) is 16.6 Å². The molecule has 0 aromatic heterocycles. The van der Waals surface area contributed by atoms with E-state index < -0.39 is 17.3 Å². The number of rotatable bonds is 5. The maximum atomic E-state index is 13.2. The van der Waals surface area contributed by atoms with Crippen LogP contribution >= 0.6 is 15.9 Å². The van der Waals surface area contributed by atoms with Crippen LogP contribution in [0.4, 0.5) is 10.1 Å². The van der Waals surface area contributed by atoms with E-state index in [1.807, 2.05) is 13.8 Å². The number of halogens is 2. The van der Waals surface area contributed by atoms with E-state index in [2.05, 4.69) is 21.2 Å². The van der Waals surface area contributed by atoms with Crippen LogP contribution < -0.4 is 11.1 Å². The van der Waals surface area contributed by atoms with E-state index >= 15 is 0 Å². The van der Waals surface area contributed by atoms with E-state index in [0.29, 0.717) is 16.8 Å². The summed E-state index contributed by atoms with van der Waals surface area (Å²) in [5.41, 5.74) is 4.62. The Morgan fingerprint density at radius 3 is 2.70 bits per heavy atom. The molecular weight excluding hydrogens is 327 g/mol. The third-order valence-electron chi connectivity index (χ3n) is 2.81. The smallest absolute Gasteiger partial charge is 0.252 e. The van der Waals surface area contributed by atoms with Gasteiger partial charge < -0.3 is 16.2 Å². The standard InChI is InChI=1S/C14H20BrFN2O2/c1-8(2)6-14(3,20)7-18-13(19)9-4-12(17)11(16)5-10(9)15/h4-5,8,20H,6-7,17H2,1-3H3,(H,18,19). The van der Waals surface area contributed by atoms with Gasteiger partial charge >= 0.3 is 0 Å². The second-order valence-electron chi connectivity index (χ2n) is 5.63. The first kappa shape index (κ1) is 16.9. The Kier molecular flexibility index (Phi) is 5.53. The molecular formula is C14H20BrFN2O2. The van der Waals surface area contributed by atoms with Gasteiger partial charge in [0.1, 0.15) is 5.82 Å². The van der Waals surface area contributed by atoms with Crippen molar-refractivity contribution in [2.75, 3.05) is 12.3 Å². The van der Waals surface area contributed by atoms with Gasteiger partial charge in [-0.1, -0.05) is 13.8 Å². The Morgan fingerprint density at radius 2 is 2.15 bits per heavy atom. The van der Waals surface area contributed by atoms with Gasteiger partial charge in [0.05, 0.1) is 16.9 Å².